The standard InChI is InChI=1S/C35H48/c1-35(2,15-19-9-17-11-25(19)33-29-13-27(31(17)33)21-5-3-7-23(21)29)16-20-10-18-12-26(20)34-30-14-28(32(18)34)22-6-4-8-24(22)30/h3-4,7-8,17-34H,5-6,9-16H2,1-2H3. The fourth-order valence-electron chi connectivity index (χ4n) is 15.9. The van der Waals surface area contributed by atoms with Gasteiger partial charge in [0.1, 0.15) is 0 Å². The summed E-state index contributed by atoms with van der Waals surface area (Å²) < 4.78 is 0. The number of hydrogen-bond donors (Lipinski definition) is 0. The van der Waals surface area contributed by atoms with Crippen molar-refractivity contribution in [3.8, 4) is 0 Å². The highest BCUT2D eigenvalue weighted by molar-refractivity contribution is 5.23. The molecule has 8 saturated carbocycles. The van der Waals surface area contributed by atoms with Crippen LogP contribution in [0.15, 0.2) is 24.3 Å². The average Bonchev–Trinajstić information content (AvgIpc) is 3.63. The summed E-state index contributed by atoms with van der Waals surface area (Å²) in [5.41, 5.74) is 0.579. The summed E-state index contributed by atoms with van der Waals surface area (Å²) in [5.74, 6) is 19.9. The zero-order valence-electron chi connectivity index (χ0n) is 22.3. The van der Waals surface area contributed by atoms with E-state index in [1.54, 1.807) is 51.4 Å². The van der Waals surface area contributed by atoms with Gasteiger partial charge in [0.15, 0.2) is 0 Å². The second kappa shape index (κ2) is 6.54. The van der Waals surface area contributed by atoms with Crippen molar-refractivity contribution >= 4 is 0 Å². The molecule has 188 valence electrons. The van der Waals surface area contributed by atoms with Gasteiger partial charge in [-0.1, -0.05) is 38.2 Å². The van der Waals surface area contributed by atoms with E-state index in [4.69, 9.17) is 0 Å². The van der Waals surface area contributed by atoms with Gasteiger partial charge in [-0.2, -0.15) is 0 Å². The molecule has 8 fully saturated rings. The van der Waals surface area contributed by atoms with Crippen molar-refractivity contribution in [2.75, 3.05) is 0 Å². The van der Waals surface area contributed by atoms with Crippen LogP contribution in [0.1, 0.15) is 78.1 Å². The summed E-state index contributed by atoms with van der Waals surface area (Å²) >= 11 is 0. The summed E-state index contributed by atoms with van der Waals surface area (Å²) in [6.45, 7) is 5.43. The lowest BCUT2D eigenvalue weighted by atomic mass is 9.58. The van der Waals surface area contributed by atoms with Crippen LogP contribution in [0.25, 0.3) is 0 Å². The van der Waals surface area contributed by atoms with Gasteiger partial charge < -0.3 is 0 Å². The molecule has 0 aromatic heterocycles. The highest BCUT2D eigenvalue weighted by atomic mass is 14.7. The van der Waals surface area contributed by atoms with Crippen molar-refractivity contribution in [1.82, 2.24) is 0 Å². The van der Waals surface area contributed by atoms with Gasteiger partial charge in [0, 0.05) is 0 Å². The number of fused-ring (bicyclic) bond motifs is 24. The minimum atomic E-state index is 0.579. The van der Waals surface area contributed by atoms with Crippen LogP contribution in [0.4, 0.5) is 0 Å². The van der Waals surface area contributed by atoms with Crippen molar-refractivity contribution in [3.05, 3.63) is 24.3 Å². The normalized spacial score (nSPS) is 65.1. The van der Waals surface area contributed by atoms with Crippen LogP contribution in [0.2, 0.25) is 0 Å². The topological polar surface area (TPSA) is 0 Å². The summed E-state index contributed by atoms with van der Waals surface area (Å²) in [6.07, 6.45) is 26.3. The molecule has 0 radical (unpaired) electrons. The molecule has 0 aromatic rings. The molecule has 10 aliphatic rings. The monoisotopic (exact) mass is 468 g/mol. The quantitative estimate of drug-likeness (QED) is 0.288. The number of rotatable bonds is 4. The van der Waals surface area contributed by atoms with Gasteiger partial charge in [0.25, 0.3) is 0 Å². The Hall–Kier alpha value is -0.520. The van der Waals surface area contributed by atoms with Crippen LogP contribution in [0.3, 0.4) is 0 Å². The van der Waals surface area contributed by atoms with Gasteiger partial charge in [-0.05, 0) is 176 Å². The fourth-order valence-corrected chi connectivity index (χ4v) is 15.9. The fraction of sp³-hybridized carbons (Fsp3) is 0.886. The lowest BCUT2D eigenvalue weighted by Gasteiger charge is -2.46. The molecule has 0 N–H and O–H groups in total. The van der Waals surface area contributed by atoms with Crippen molar-refractivity contribution < 1.29 is 0 Å². The molecule has 18 unspecified atom stereocenters. The molecule has 0 spiro atoms. The molecule has 35 heavy (non-hydrogen) atoms. The third kappa shape index (κ3) is 2.40. The third-order valence-corrected chi connectivity index (χ3v) is 15.8. The molecule has 10 aliphatic carbocycles. The Morgan fingerprint density at radius 2 is 1.00 bits per heavy atom. The highest BCUT2D eigenvalue weighted by Crippen LogP contribution is 2.75. The third-order valence-electron chi connectivity index (χ3n) is 15.8. The molecule has 18 atom stereocenters. The molecule has 0 aromatic carbocycles. The van der Waals surface area contributed by atoms with Crippen LogP contribution in [0, 0.1) is 112 Å². The minimum absolute atomic E-state index is 0.579. The van der Waals surface area contributed by atoms with E-state index in [0.717, 1.165) is 94.7 Å². The highest BCUT2D eigenvalue weighted by Gasteiger charge is 2.69. The molecule has 0 amide bonds. The molecular weight excluding hydrogens is 420 g/mol. The predicted molar refractivity (Wildman–Crippen MR) is 141 cm³/mol. The molecular formula is C35H48. The Kier molecular flexibility index (Phi) is 3.82. The zero-order chi connectivity index (χ0) is 22.8. The Labute approximate surface area is 214 Å². The predicted octanol–water partition coefficient (Wildman–Crippen LogP) is 8.25. The summed E-state index contributed by atoms with van der Waals surface area (Å²) in [4.78, 5) is 0. The van der Waals surface area contributed by atoms with E-state index in [1.165, 1.54) is 24.7 Å². The van der Waals surface area contributed by atoms with Crippen LogP contribution >= 0.6 is 0 Å². The van der Waals surface area contributed by atoms with Gasteiger partial charge in [-0.3, -0.25) is 0 Å². The van der Waals surface area contributed by atoms with Gasteiger partial charge in [0.05, 0.1) is 0 Å². The van der Waals surface area contributed by atoms with E-state index < -0.39 is 0 Å². The lowest BCUT2D eigenvalue weighted by molar-refractivity contribution is 0.0223. The van der Waals surface area contributed by atoms with E-state index in [2.05, 4.69) is 38.2 Å². The maximum atomic E-state index is 2.72. The van der Waals surface area contributed by atoms with E-state index in [9.17, 15) is 0 Å². The van der Waals surface area contributed by atoms with E-state index in [0.29, 0.717) is 5.41 Å². The van der Waals surface area contributed by atoms with Gasteiger partial charge in [0.2, 0.25) is 0 Å². The SMILES string of the molecule is CC(C)(CC1CC2CC1C1C3CC(C4CC=CC43)C21)CC1CC2CC1C1C3CC(C4CC=CC43)C21. The minimum Gasteiger partial charge on any atom is -0.0879 e. The van der Waals surface area contributed by atoms with Crippen LogP contribution < -0.4 is 0 Å². The van der Waals surface area contributed by atoms with Crippen LogP contribution in [-0.4, -0.2) is 0 Å². The molecule has 0 heterocycles. The lowest BCUT2D eigenvalue weighted by Crippen LogP contribution is -2.41. The van der Waals surface area contributed by atoms with Gasteiger partial charge in [-0.15, -0.1) is 0 Å². The first-order valence-electron chi connectivity index (χ1n) is 16.4. The first-order valence-corrected chi connectivity index (χ1v) is 16.4. The van der Waals surface area contributed by atoms with Gasteiger partial charge in [-0.25, -0.2) is 0 Å². The second-order valence-electron chi connectivity index (χ2n) is 17.1. The van der Waals surface area contributed by atoms with E-state index in [-0.39, 0.29) is 0 Å². The van der Waals surface area contributed by atoms with Crippen LogP contribution in [-0.2, 0) is 0 Å². The first kappa shape index (κ1) is 20.4. The van der Waals surface area contributed by atoms with Gasteiger partial charge >= 0.3 is 0 Å². The maximum absolute atomic E-state index is 2.72. The Morgan fingerprint density at radius 1 is 0.514 bits per heavy atom. The van der Waals surface area contributed by atoms with E-state index in [1.807, 2.05) is 0 Å². The average molecular weight is 469 g/mol. The molecule has 8 bridgehead atoms. The second-order valence-corrected chi connectivity index (χ2v) is 17.1. The number of hydrogen-bond acceptors (Lipinski definition) is 0. The first-order chi connectivity index (χ1) is 17.1. The van der Waals surface area contributed by atoms with E-state index >= 15 is 0 Å². The molecule has 0 aliphatic heterocycles. The molecule has 0 saturated heterocycles. The summed E-state index contributed by atoms with van der Waals surface area (Å²) in [5, 5.41) is 0. The number of allylic oxidation sites excluding steroid dienone is 4. The molecule has 0 heteroatoms. The van der Waals surface area contributed by atoms with Crippen molar-refractivity contribution in [3.63, 3.8) is 0 Å². The maximum Gasteiger partial charge on any atom is -0.0168 e. The van der Waals surface area contributed by atoms with Crippen molar-refractivity contribution in [2.45, 2.75) is 78.1 Å². The largest absolute Gasteiger partial charge is 0.0879 e. The zero-order valence-corrected chi connectivity index (χ0v) is 22.3. The Bertz CT molecular complexity index is 922. The Morgan fingerprint density at radius 3 is 1.49 bits per heavy atom. The molecule has 0 nitrogen and oxygen atoms in total. The molecule has 10 rings (SSSR count). The van der Waals surface area contributed by atoms with Crippen molar-refractivity contribution in [2.24, 2.45) is 112 Å². The summed E-state index contributed by atoms with van der Waals surface area (Å²) in [6, 6.07) is 0. The smallest absolute Gasteiger partial charge is 0.0168 e. The van der Waals surface area contributed by atoms with Crippen molar-refractivity contribution in [1.29, 1.82) is 0 Å². The van der Waals surface area contributed by atoms with Crippen LogP contribution in [0.5, 0.6) is 0 Å². The summed E-state index contributed by atoms with van der Waals surface area (Å²) in [7, 11) is 0. The Balaban J connectivity index is 0.849.